The number of oxime groups is 1. The highest BCUT2D eigenvalue weighted by Crippen LogP contribution is 2.09. The highest BCUT2D eigenvalue weighted by Gasteiger charge is 2.25. The summed E-state index contributed by atoms with van der Waals surface area (Å²) in [7, 11) is 0. The van der Waals surface area contributed by atoms with E-state index in [1.165, 1.54) is 12.3 Å². The Morgan fingerprint density at radius 2 is 2.40 bits per heavy atom. The summed E-state index contributed by atoms with van der Waals surface area (Å²) in [5, 5.41) is 20.5. The van der Waals surface area contributed by atoms with Crippen LogP contribution >= 0.6 is 0 Å². The molecule has 1 unspecified atom stereocenters. The van der Waals surface area contributed by atoms with Gasteiger partial charge in [-0.15, -0.1) is 0 Å². The fourth-order valence-electron chi connectivity index (χ4n) is 1.91. The Bertz CT molecular complexity index is 503. The number of pyridine rings is 1. The van der Waals surface area contributed by atoms with Crippen molar-refractivity contribution in [2.45, 2.75) is 6.10 Å². The Labute approximate surface area is 115 Å². The highest BCUT2D eigenvalue weighted by atomic mass is 16.5. The Kier molecular flexibility index (Phi) is 4.49. The first-order valence-corrected chi connectivity index (χ1v) is 6.11. The number of aliphatic hydroxyl groups excluding tert-OH is 1. The molecule has 2 heterocycles. The lowest BCUT2D eigenvalue weighted by Gasteiger charge is -2.31. The van der Waals surface area contributed by atoms with Crippen molar-refractivity contribution >= 4 is 11.7 Å². The van der Waals surface area contributed by atoms with E-state index in [2.05, 4.69) is 10.1 Å². The van der Waals surface area contributed by atoms with Gasteiger partial charge in [0.2, 0.25) is 0 Å². The summed E-state index contributed by atoms with van der Waals surface area (Å²) in [6.45, 7) is 1.05. The third kappa shape index (κ3) is 3.03. The van der Waals surface area contributed by atoms with E-state index in [1.807, 2.05) is 0 Å². The van der Waals surface area contributed by atoms with Crippen molar-refractivity contribution in [2.75, 3.05) is 26.3 Å². The van der Waals surface area contributed by atoms with Crippen LogP contribution in [0.4, 0.5) is 0 Å². The van der Waals surface area contributed by atoms with Gasteiger partial charge in [0.05, 0.1) is 19.3 Å². The minimum atomic E-state index is -0.357. The molecule has 0 aliphatic carbocycles. The molecule has 0 bridgehead atoms. The van der Waals surface area contributed by atoms with Crippen LogP contribution in [0.25, 0.3) is 0 Å². The van der Waals surface area contributed by atoms with Crippen molar-refractivity contribution < 1.29 is 19.8 Å². The van der Waals surface area contributed by atoms with Crippen LogP contribution in [-0.2, 0) is 4.74 Å². The summed E-state index contributed by atoms with van der Waals surface area (Å²) in [4.78, 5) is 17.8. The number of rotatable bonds is 3. The summed E-state index contributed by atoms with van der Waals surface area (Å²) >= 11 is 0. The molecule has 1 atom stereocenters. The molecule has 1 aliphatic rings. The van der Waals surface area contributed by atoms with Gasteiger partial charge in [-0.1, -0.05) is 5.16 Å². The van der Waals surface area contributed by atoms with Gasteiger partial charge in [-0.05, 0) is 12.1 Å². The first-order valence-electron chi connectivity index (χ1n) is 6.11. The molecule has 20 heavy (non-hydrogen) atoms. The van der Waals surface area contributed by atoms with Gasteiger partial charge >= 0.3 is 0 Å². The molecule has 0 saturated carbocycles. The molecule has 108 valence electrons. The number of amidine groups is 1. The molecule has 1 aromatic heterocycles. The van der Waals surface area contributed by atoms with E-state index in [9.17, 15) is 4.79 Å². The highest BCUT2D eigenvalue weighted by molar-refractivity contribution is 5.98. The average Bonchev–Trinajstić information content (AvgIpc) is 2.53. The van der Waals surface area contributed by atoms with Gasteiger partial charge in [-0.3, -0.25) is 9.78 Å². The number of aliphatic hydroxyl groups is 1. The molecule has 1 aliphatic heterocycles. The monoisotopic (exact) mass is 280 g/mol. The van der Waals surface area contributed by atoms with E-state index in [1.54, 1.807) is 11.0 Å². The number of ether oxygens (including phenoxy) is 1. The third-order valence-corrected chi connectivity index (χ3v) is 3.02. The second-order valence-corrected chi connectivity index (χ2v) is 4.34. The van der Waals surface area contributed by atoms with Crippen molar-refractivity contribution in [3.63, 3.8) is 0 Å². The van der Waals surface area contributed by atoms with Gasteiger partial charge in [-0.2, -0.15) is 0 Å². The van der Waals surface area contributed by atoms with Crippen molar-refractivity contribution in [1.29, 1.82) is 0 Å². The normalized spacial score (nSPS) is 19.9. The maximum absolute atomic E-state index is 12.2. The number of morpholine rings is 1. The van der Waals surface area contributed by atoms with Crippen molar-refractivity contribution in [2.24, 2.45) is 10.9 Å². The molecule has 0 radical (unpaired) electrons. The van der Waals surface area contributed by atoms with E-state index < -0.39 is 0 Å². The molecular formula is C12H16N4O4. The van der Waals surface area contributed by atoms with Crippen LogP contribution in [-0.4, -0.2) is 64.3 Å². The lowest BCUT2D eigenvalue weighted by molar-refractivity contribution is -0.0448. The summed E-state index contributed by atoms with van der Waals surface area (Å²) < 4.78 is 5.28. The SMILES string of the molecule is N/C(=N/O)c1ccc(C(=O)N2CCOC(CO)C2)nc1. The van der Waals surface area contributed by atoms with E-state index >= 15 is 0 Å². The quantitative estimate of drug-likeness (QED) is 0.283. The maximum Gasteiger partial charge on any atom is 0.272 e. The van der Waals surface area contributed by atoms with Gasteiger partial charge in [-0.25, -0.2) is 0 Å². The van der Waals surface area contributed by atoms with E-state index in [0.29, 0.717) is 25.3 Å². The number of aromatic nitrogens is 1. The van der Waals surface area contributed by atoms with Crippen molar-refractivity contribution in [3.05, 3.63) is 29.6 Å². The minimum absolute atomic E-state index is 0.0665. The number of hydrogen-bond donors (Lipinski definition) is 3. The molecule has 1 aromatic rings. The zero-order chi connectivity index (χ0) is 14.5. The molecule has 1 amide bonds. The van der Waals surface area contributed by atoms with Crippen molar-refractivity contribution in [1.82, 2.24) is 9.88 Å². The van der Waals surface area contributed by atoms with E-state index in [4.69, 9.17) is 20.8 Å². The number of amides is 1. The van der Waals surface area contributed by atoms with Crippen LogP contribution in [0.5, 0.6) is 0 Å². The molecule has 0 aromatic carbocycles. The molecule has 0 spiro atoms. The van der Waals surface area contributed by atoms with Gasteiger partial charge < -0.3 is 25.7 Å². The summed E-state index contributed by atoms with van der Waals surface area (Å²) in [6, 6.07) is 3.07. The molecule has 2 rings (SSSR count). The largest absolute Gasteiger partial charge is 0.409 e. The summed E-state index contributed by atoms with van der Waals surface area (Å²) in [5.41, 5.74) is 6.11. The average molecular weight is 280 g/mol. The zero-order valence-electron chi connectivity index (χ0n) is 10.8. The number of hydrogen-bond acceptors (Lipinski definition) is 6. The molecule has 4 N–H and O–H groups in total. The lowest BCUT2D eigenvalue weighted by Crippen LogP contribution is -2.47. The minimum Gasteiger partial charge on any atom is -0.409 e. The molecule has 8 nitrogen and oxygen atoms in total. The topological polar surface area (TPSA) is 121 Å². The van der Waals surface area contributed by atoms with Crippen LogP contribution in [0.1, 0.15) is 16.1 Å². The Hall–Kier alpha value is -2.19. The van der Waals surface area contributed by atoms with Gasteiger partial charge in [0.15, 0.2) is 5.84 Å². The second-order valence-electron chi connectivity index (χ2n) is 4.34. The summed E-state index contributed by atoms with van der Waals surface area (Å²) in [5.74, 6) is -0.305. The van der Waals surface area contributed by atoms with Crippen LogP contribution < -0.4 is 5.73 Å². The first-order chi connectivity index (χ1) is 9.65. The van der Waals surface area contributed by atoms with Crippen LogP contribution in [0.15, 0.2) is 23.5 Å². The number of nitrogens with two attached hydrogens (primary N) is 1. The fraction of sp³-hybridized carbons (Fsp3) is 0.417. The zero-order valence-corrected chi connectivity index (χ0v) is 10.8. The smallest absolute Gasteiger partial charge is 0.272 e. The van der Waals surface area contributed by atoms with Gasteiger partial charge in [0.1, 0.15) is 5.69 Å². The third-order valence-electron chi connectivity index (χ3n) is 3.02. The van der Waals surface area contributed by atoms with Gasteiger partial charge in [0, 0.05) is 24.8 Å². The first kappa shape index (κ1) is 14.2. The number of nitrogens with zero attached hydrogens (tertiary/aromatic N) is 3. The predicted octanol–water partition coefficient (Wildman–Crippen LogP) is -0.991. The predicted molar refractivity (Wildman–Crippen MR) is 69.5 cm³/mol. The molecule has 1 fully saturated rings. The fourth-order valence-corrected chi connectivity index (χ4v) is 1.91. The molecule has 8 heteroatoms. The second kappa shape index (κ2) is 6.31. The standard InChI is InChI=1S/C12H16N4O4/c13-11(15-19)8-1-2-10(14-5-8)12(18)16-3-4-20-9(6-16)7-17/h1-2,5,9,17,19H,3-4,6-7H2,(H2,13,15). The Balaban J connectivity index is 2.09. The summed E-state index contributed by atoms with van der Waals surface area (Å²) in [6.07, 6.45) is 1.01. The lowest BCUT2D eigenvalue weighted by atomic mass is 10.2. The van der Waals surface area contributed by atoms with E-state index in [0.717, 1.165) is 0 Å². The van der Waals surface area contributed by atoms with E-state index in [-0.39, 0.29) is 30.1 Å². The van der Waals surface area contributed by atoms with Gasteiger partial charge in [0.25, 0.3) is 5.91 Å². The maximum atomic E-state index is 12.2. The molecular weight excluding hydrogens is 264 g/mol. The Morgan fingerprint density at radius 1 is 1.60 bits per heavy atom. The number of carbonyl (C=O) groups is 1. The van der Waals surface area contributed by atoms with Crippen LogP contribution in [0, 0.1) is 0 Å². The molecule has 1 saturated heterocycles. The number of carbonyl (C=O) groups excluding carboxylic acids is 1. The van der Waals surface area contributed by atoms with Crippen molar-refractivity contribution in [3.8, 4) is 0 Å². The van der Waals surface area contributed by atoms with Crippen LogP contribution in [0.2, 0.25) is 0 Å². The van der Waals surface area contributed by atoms with Crippen LogP contribution in [0.3, 0.4) is 0 Å². The Morgan fingerprint density at radius 3 is 3.00 bits per heavy atom.